The van der Waals surface area contributed by atoms with Crippen LogP contribution in [0.4, 0.5) is 0 Å². The van der Waals surface area contributed by atoms with Gasteiger partial charge in [0.2, 0.25) is 0 Å². The number of allylic oxidation sites excluding steroid dienone is 1. The molecule has 3 rings (SSSR count). The molecule has 3 aliphatic carbocycles. The van der Waals surface area contributed by atoms with Gasteiger partial charge >= 0.3 is 0 Å². The summed E-state index contributed by atoms with van der Waals surface area (Å²) in [6.07, 6.45) is 13.2. The van der Waals surface area contributed by atoms with Crippen LogP contribution in [0, 0.1) is 23.7 Å². The number of rotatable bonds is 4. The van der Waals surface area contributed by atoms with Gasteiger partial charge in [0.15, 0.2) is 0 Å². The third-order valence-electron chi connectivity index (χ3n) is 5.82. The summed E-state index contributed by atoms with van der Waals surface area (Å²) in [4.78, 5) is 0. The highest BCUT2D eigenvalue weighted by Gasteiger charge is 2.43. The smallest absolute Gasteiger partial charge is 0.0749 e. The van der Waals surface area contributed by atoms with Crippen molar-refractivity contribution in [3.8, 4) is 0 Å². The largest absolute Gasteiger partial charge is 0.392 e. The van der Waals surface area contributed by atoms with E-state index >= 15 is 0 Å². The zero-order valence-electron chi connectivity index (χ0n) is 12.7. The minimum absolute atomic E-state index is 0.133. The summed E-state index contributed by atoms with van der Waals surface area (Å²) in [7, 11) is 0. The number of hydrogen-bond donors (Lipinski definition) is 3. The van der Waals surface area contributed by atoms with Crippen molar-refractivity contribution in [1.82, 2.24) is 0 Å². The Bertz CT molecular complexity index is 409. The van der Waals surface area contributed by atoms with Crippen LogP contribution < -0.4 is 0 Å². The summed E-state index contributed by atoms with van der Waals surface area (Å²) in [5.74, 6) is 1.35. The third-order valence-corrected chi connectivity index (χ3v) is 5.82. The molecule has 0 spiro atoms. The van der Waals surface area contributed by atoms with Crippen molar-refractivity contribution >= 4 is 0 Å². The van der Waals surface area contributed by atoms with Crippen molar-refractivity contribution in [2.45, 2.75) is 57.2 Å². The van der Waals surface area contributed by atoms with E-state index in [1.54, 1.807) is 0 Å². The molecule has 21 heavy (non-hydrogen) atoms. The van der Waals surface area contributed by atoms with E-state index in [1.165, 1.54) is 19.3 Å². The van der Waals surface area contributed by atoms with Crippen molar-refractivity contribution in [1.29, 1.82) is 0 Å². The zero-order valence-corrected chi connectivity index (χ0v) is 12.7. The summed E-state index contributed by atoms with van der Waals surface area (Å²) < 4.78 is 0. The van der Waals surface area contributed by atoms with Crippen LogP contribution in [0.25, 0.3) is 0 Å². The van der Waals surface area contributed by atoms with Crippen LogP contribution in [-0.2, 0) is 0 Å². The lowest BCUT2D eigenvalue weighted by molar-refractivity contribution is 0.120. The van der Waals surface area contributed by atoms with Crippen LogP contribution in [0.2, 0.25) is 0 Å². The Morgan fingerprint density at radius 2 is 2.00 bits per heavy atom. The Labute approximate surface area is 127 Å². The summed E-state index contributed by atoms with van der Waals surface area (Å²) in [6.45, 7) is 0.143. The van der Waals surface area contributed by atoms with Crippen LogP contribution in [0.1, 0.15) is 44.9 Å². The Kier molecular flexibility index (Phi) is 4.82. The lowest BCUT2D eigenvalue weighted by Gasteiger charge is -2.25. The van der Waals surface area contributed by atoms with Gasteiger partial charge in [-0.05, 0) is 49.0 Å². The van der Waals surface area contributed by atoms with Crippen molar-refractivity contribution < 1.29 is 15.3 Å². The van der Waals surface area contributed by atoms with E-state index < -0.39 is 0 Å². The van der Waals surface area contributed by atoms with Crippen molar-refractivity contribution in [3.05, 3.63) is 23.8 Å². The van der Waals surface area contributed by atoms with Crippen LogP contribution in [0.3, 0.4) is 0 Å². The lowest BCUT2D eigenvalue weighted by Crippen LogP contribution is -2.22. The quantitative estimate of drug-likeness (QED) is 0.697. The molecule has 2 saturated carbocycles. The van der Waals surface area contributed by atoms with E-state index in [9.17, 15) is 15.3 Å². The van der Waals surface area contributed by atoms with E-state index in [2.05, 4.69) is 12.2 Å². The molecule has 5 atom stereocenters. The highest BCUT2D eigenvalue weighted by atomic mass is 16.3. The highest BCUT2D eigenvalue weighted by Crippen LogP contribution is 2.47. The fourth-order valence-corrected chi connectivity index (χ4v) is 4.60. The SMILES string of the molecule is OCC1=C[C@H]2C[C@@H](O)[C@H](/C=C/[C@@H](O)C3CCCCC3)[C@H]2C1. The Hall–Kier alpha value is -0.640. The van der Waals surface area contributed by atoms with Gasteiger partial charge in [-0.2, -0.15) is 0 Å². The molecule has 0 unspecified atom stereocenters. The number of hydrogen-bond acceptors (Lipinski definition) is 3. The van der Waals surface area contributed by atoms with Gasteiger partial charge in [-0.1, -0.05) is 37.5 Å². The number of aliphatic hydroxyl groups is 3. The minimum atomic E-state index is -0.358. The van der Waals surface area contributed by atoms with Gasteiger partial charge in [-0.3, -0.25) is 0 Å². The average molecular weight is 292 g/mol. The first-order valence-electron chi connectivity index (χ1n) is 8.54. The van der Waals surface area contributed by atoms with Crippen LogP contribution in [-0.4, -0.2) is 34.1 Å². The summed E-state index contributed by atoms with van der Waals surface area (Å²) in [6, 6.07) is 0. The maximum atomic E-state index is 10.3. The Morgan fingerprint density at radius 3 is 2.71 bits per heavy atom. The molecule has 118 valence electrons. The summed E-state index contributed by atoms with van der Waals surface area (Å²) >= 11 is 0. The van der Waals surface area contributed by atoms with Gasteiger partial charge in [0.25, 0.3) is 0 Å². The van der Waals surface area contributed by atoms with Crippen molar-refractivity contribution in [3.63, 3.8) is 0 Å². The maximum Gasteiger partial charge on any atom is 0.0749 e. The summed E-state index contributed by atoms with van der Waals surface area (Å²) in [5, 5.41) is 29.9. The fourth-order valence-electron chi connectivity index (χ4n) is 4.60. The second kappa shape index (κ2) is 6.64. The Balaban J connectivity index is 1.60. The van der Waals surface area contributed by atoms with Gasteiger partial charge in [0.05, 0.1) is 18.8 Å². The molecule has 0 aromatic heterocycles. The third kappa shape index (κ3) is 3.25. The molecule has 3 nitrogen and oxygen atoms in total. The molecule has 2 fully saturated rings. The first kappa shape index (κ1) is 15.3. The standard InChI is InChI=1S/C18H28O3/c19-11-12-8-14-10-18(21)15(16(14)9-12)6-7-17(20)13-4-2-1-3-5-13/h6-8,13-21H,1-5,9-11H2/b7-6+/t14-,15+,16-,17+,18+/m0/s1. The molecule has 3 aliphatic rings. The minimum Gasteiger partial charge on any atom is -0.392 e. The van der Waals surface area contributed by atoms with E-state index in [0.29, 0.717) is 17.8 Å². The number of fused-ring (bicyclic) bond motifs is 1. The molecule has 0 bridgehead atoms. The molecule has 0 heterocycles. The molecule has 0 aromatic carbocycles. The van der Waals surface area contributed by atoms with Gasteiger partial charge in [0, 0.05) is 5.92 Å². The van der Waals surface area contributed by atoms with Crippen molar-refractivity contribution in [2.75, 3.05) is 6.61 Å². The topological polar surface area (TPSA) is 60.7 Å². The molecule has 0 radical (unpaired) electrons. The highest BCUT2D eigenvalue weighted by molar-refractivity contribution is 5.21. The number of aliphatic hydroxyl groups excluding tert-OH is 3. The molecular formula is C18H28O3. The fraction of sp³-hybridized carbons (Fsp3) is 0.778. The normalized spacial score (nSPS) is 38.7. The summed E-state index contributed by atoms with van der Waals surface area (Å²) in [5.41, 5.74) is 1.11. The second-order valence-electron chi connectivity index (χ2n) is 7.17. The average Bonchev–Trinajstić information content (AvgIpc) is 3.02. The molecule has 3 N–H and O–H groups in total. The first-order valence-corrected chi connectivity index (χ1v) is 8.54. The lowest BCUT2D eigenvalue weighted by atomic mass is 9.84. The van der Waals surface area contributed by atoms with E-state index in [4.69, 9.17) is 0 Å². The van der Waals surface area contributed by atoms with Crippen molar-refractivity contribution in [2.24, 2.45) is 23.7 Å². The van der Waals surface area contributed by atoms with Gasteiger partial charge in [-0.15, -0.1) is 0 Å². The van der Waals surface area contributed by atoms with Gasteiger partial charge < -0.3 is 15.3 Å². The molecule has 0 saturated heterocycles. The molecule has 0 aliphatic heterocycles. The molecule has 0 aromatic rings. The van der Waals surface area contributed by atoms with Gasteiger partial charge in [0.1, 0.15) is 0 Å². The zero-order chi connectivity index (χ0) is 14.8. The van der Waals surface area contributed by atoms with Gasteiger partial charge in [-0.25, -0.2) is 0 Å². The molecule has 0 amide bonds. The van der Waals surface area contributed by atoms with E-state index in [1.807, 2.05) is 6.08 Å². The van der Waals surface area contributed by atoms with Crippen LogP contribution in [0.15, 0.2) is 23.8 Å². The van der Waals surface area contributed by atoms with Crippen LogP contribution in [0.5, 0.6) is 0 Å². The monoisotopic (exact) mass is 292 g/mol. The second-order valence-corrected chi connectivity index (χ2v) is 7.17. The van der Waals surface area contributed by atoms with Crippen LogP contribution >= 0.6 is 0 Å². The van der Waals surface area contributed by atoms with E-state index in [0.717, 1.165) is 31.3 Å². The Morgan fingerprint density at radius 1 is 1.24 bits per heavy atom. The molecular weight excluding hydrogens is 264 g/mol. The van der Waals surface area contributed by atoms with E-state index in [-0.39, 0.29) is 24.7 Å². The predicted molar refractivity (Wildman–Crippen MR) is 82.6 cm³/mol. The maximum absolute atomic E-state index is 10.3. The molecule has 3 heteroatoms. The first-order chi connectivity index (χ1) is 10.2. The predicted octanol–water partition coefficient (Wildman–Crippen LogP) is 2.42.